The minimum absolute atomic E-state index is 0.141. The van der Waals surface area contributed by atoms with Gasteiger partial charge in [0.05, 0.1) is 12.7 Å². The lowest BCUT2D eigenvalue weighted by Crippen LogP contribution is -2.48. The quantitative estimate of drug-likeness (QED) is 0.772. The Morgan fingerprint density at radius 3 is 2.83 bits per heavy atom. The van der Waals surface area contributed by atoms with E-state index in [0.29, 0.717) is 18.8 Å². The van der Waals surface area contributed by atoms with Crippen LogP contribution >= 0.6 is 0 Å². The van der Waals surface area contributed by atoms with Gasteiger partial charge in [0.2, 0.25) is 5.91 Å². The molecule has 0 aromatic carbocycles. The topological polar surface area (TPSA) is 45.9 Å². The second-order valence-corrected chi connectivity index (χ2v) is 7.01. The predicted molar refractivity (Wildman–Crippen MR) is 88.3 cm³/mol. The molecule has 0 unspecified atom stereocenters. The Bertz CT molecular complexity index is 524. The summed E-state index contributed by atoms with van der Waals surface area (Å²) in [4.78, 5) is 17.0. The molecule has 5 heteroatoms. The Hall–Kier alpha value is -1.33. The molecule has 1 aromatic heterocycles. The van der Waals surface area contributed by atoms with E-state index in [4.69, 9.17) is 9.15 Å². The van der Waals surface area contributed by atoms with Crippen LogP contribution < -0.4 is 0 Å². The molecule has 2 heterocycles. The molecule has 0 N–H and O–H groups in total. The van der Waals surface area contributed by atoms with Crippen molar-refractivity contribution in [2.24, 2.45) is 5.92 Å². The smallest absolute Gasteiger partial charge is 0.223 e. The van der Waals surface area contributed by atoms with Gasteiger partial charge in [-0.25, -0.2) is 0 Å². The van der Waals surface area contributed by atoms with E-state index in [-0.39, 0.29) is 12.0 Å². The fraction of sp³-hybridized carbons (Fsp3) is 0.722. The summed E-state index contributed by atoms with van der Waals surface area (Å²) in [6, 6.07) is 3.92. The molecule has 1 saturated heterocycles. The van der Waals surface area contributed by atoms with Crippen LogP contribution in [-0.2, 0) is 16.0 Å². The maximum absolute atomic E-state index is 12.7. The summed E-state index contributed by atoms with van der Waals surface area (Å²) >= 11 is 0. The van der Waals surface area contributed by atoms with Crippen molar-refractivity contribution in [3.05, 3.63) is 23.7 Å². The van der Waals surface area contributed by atoms with Crippen molar-refractivity contribution in [1.29, 1.82) is 0 Å². The molecule has 23 heavy (non-hydrogen) atoms. The van der Waals surface area contributed by atoms with Gasteiger partial charge in [0, 0.05) is 39.0 Å². The summed E-state index contributed by atoms with van der Waals surface area (Å²) in [5, 5.41) is 0. The maximum Gasteiger partial charge on any atom is 0.223 e. The van der Waals surface area contributed by atoms with E-state index in [1.54, 1.807) is 0 Å². The number of hydrogen-bond donors (Lipinski definition) is 0. The SMILES string of the molecule is Cc1ccc(CCC(=O)N(CC2CC2)C[C@@H]2CN(C)CCO2)o1. The summed E-state index contributed by atoms with van der Waals surface area (Å²) in [6.45, 7) is 6.19. The molecular formula is C18H28N2O3. The Kier molecular flexibility index (Phi) is 5.38. The van der Waals surface area contributed by atoms with Gasteiger partial charge in [-0.1, -0.05) is 0 Å². The normalized spacial score (nSPS) is 22.3. The van der Waals surface area contributed by atoms with Crippen molar-refractivity contribution in [3.63, 3.8) is 0 Å². The van der Waals surface area contributed by atoms with Gasteiger partial charge in [0.15, 0.2) is 0 Å². The molecule has 1 saturated carbocycles. The van der Waals surface area contributed by atoms with Crippen LogP contribution in [0.25, 0.3) is 0 Å². The number of aryl methyl sites for hydroxylation is 2. The molecule has 1 aromatic rings. The molecule has 2 fully saturated rings. The van der Waals surface area contributed by atoms with Crippen LogP contribution in [0.3, 0.4) is 0 Å². The fourth-order valence-electron chi connectivity index (χ4n) is 3.12. The lowest BCUT2D eigenvalue weighted by molar-refractivity contribution is -0.134. The highest BCUT2D eigenvalue weighted by Gasteiger charge is 2.29. The molecule has 5 nitrogen and oxygen atoms in total. The number of likely N-dealkylation sites (N-methyl/N-ethyl adjacent to an activating group) is 1. The van der Waals surface area contributed by atoms with Crippen LogP contribution in [0, 0.1) is 12.8 Å². The highest BCUT2D eigenvalue weighted by molar-refractivity contribution is 5.76. The van der Waals surface area contributed by atoms with E-state index in [1.807, 2.05) is 24.0 Å². The lowest BCUT2D eigenvalue weighted by atomic mass is 10.2. The largest absolute Gasteiger partial charge is 0.466 e. The van der Waals surface area contributed by atoms with Crippen LogP contribution in [0.15, 0.2) is 16.5 Å². The number of rotatable bonds is 7. The third kappa shape index (κ3) is 5.08. The number of ether oxygens (including phenoxy) is 1. The molecule has 1 amide bonds. The zero-order chi connectivity index (χ0) is 16.2. The van der Waals surface area contributed by atoms with Crippen molar-refractivity contribution in [2.75, 3.05) is 39.8 Å². The minimum atomic E-state index is 0.141. The van der Waals surface area contributed by atoms with Crippen molar-refractivity contribution in [3.8, 4) is 0 Å². The average Bonchev–Trinajstić information content (AvgIpc) is 3.24. The summed E-state index contributed by atoms with van der Waals surface area (Å²) in [5.41, 5.74) is 0. The second-order valence-electron chi connectivity index (χ2n) is 7.01. The number of furan rings is 1. The highest BCUT2D eigenvalue weighted by atomic mass is 16.5. The fourth-order valence-corrected chi connectivity index (χ4v) is 3.12. The zero-order valence-electron chi connectivity index (χ0n) is 14.3. The molecule has 0 bridgehead atoms. The Labute approximate surface area is 138 Å². The first-order chi connectivity index (χ1) is 11.1. The first-order valence-electron chi connectivity index (χ1n) is 8.73. The number of carbonyl (C=O) groups is 1. The maximum atomic E-state index is 12.7. The Morgan fingerprint density at radius 2 is 2.17 bits per heavy atom. The van der Waals surface area contributed by atoms with Gasteiger partial charge in [0.1, 0.15) is 11.5 Å². The van der Waals surface area contributed by atoms with Crippen molar-refractivity contribution >= 4 is 5.91 Å². The van der Waals surface area contributed by atoms with Gasteiger partial charge < -0.3 is 19.0 Å². The zero-order valence-corrected chi connectivity index (χ0v) is 14.3. The number of amides is 1. The van der Waals surface area contributed by atoms with Crippen LogP contribution in [0.2, 0.25) is 0 Å². The molecule has 0 radical (unpaired) electrons. The highest BCUT2D eigenvalue weighted by Crippen LogP contribution is 2.30. The first-order valence-corrected chi connectivity index (χ1v) is 8.73. The van der Waals surface area contributed by atoms with E-state index in [0.717, 1.165) is 44.3 Å². The van der Waals surface area contributed by atoms with Gasteiger partial charge in [0.25, 0.3) is 0 Å². The van der Waals surface area contributed by atoms with Crippen LogP contribution in [0.4, 0.5) is 0 Å². The van der Waals surface area contributed by atoms with Gasteiger partial charge in [-0.3, -0.25) is 4.79 Å². The average molecular weight is 320 g/mol. The van der Waals surface area contributed by atoms with E-state index in [1.165, 1.54) is 12.8 Å². The van der Waals surface area contributed by atoms with Crippen LogP contribution in [0.1, 0.15) is 30.8 Å². The van der Waals surface area contributed by atoms with E-state index in [2.05, 4.69) is 11.9 Å². The van der Waals surface area contributed by atoms with Gasteiger partial charge in [-0.2, -0.15) is 0 Å². The molecule has 1 atom stereocenters. The van der Waals surface area contributed by atoms with Crippen molar-refractivity contribution in [1.82, 2.24) is 9.80 Å². The molecule has 2 aliphatic rings. The number of morpholine rings is 1. The van der Waals surface area contributed by atoms with Crippen molar-refractivity contribution < 1.29 is 13.9 Å². The number of nitrogens with zero attached hydrogens (tertiary/aromatic N) is 2. The van der Waals surface area contributed by atoms with Gasteiger partial charge in [-0.05, 0) is 44.9 Å². The molecular weight excluding hydrogens is 292 g/mol. The van der Waals surface area contributed by atoms with Crippen molar-refractivity contribution in [2.45, 2.75) is 38.7 Å². The summed E-state index contributed by atoms with van der Waals surface area (Å²) in [6.07, 6.45) is 3.85. The van der Waals surface area contributed by atoms with Crippen LogP contribution in [0.5, 0.6) is 0 Å². The standard InChI is InChI=1S/C18H28N2O3/c1-14-3-6-16(23-14)7-8-18(21)20(11-15-4-5-15)13-17-12-19(2)9-10-22-17/h3,6,15,17H,4-5,7-13H2,1-2H3/t17-/m0/s1. The lowest BCUT2D eigenvalue weighted by Gasteiger charge is -2.34. The van der Waals surface area contributed by atoms with Gasteiger partial charge >= 0.3 is 0 Å². The molecule has 0 spiro atoms. The Morgan fingerprint density at radius 1 is 1.35 bits per heavy atom. The second kappa shape index (κ2) is 7.49. The molecule has 1 aliphatic carbocycles. The summed E-state index contributed by atoms with van der Waals surface area (Å²) < 4.78 is 11.4. The van der Waals surface area contributed by atoms with E-state index in [9.17, 15) is 4.79 Å². The number of carbonyl (C=O) groups excluding carboxylic acids is 1. The van der Waals surface area contributed by atoms with Gasteiger partial charge in [-0.15, -0.1) is 0 Å². The van der Waals surface area contributed by atoms with E-state index < -0.39 is 0 Å². The minimum Gasteiger partial charge on any atom is -0.466 e. The third-order valence-electron chi connectivity index (χ3n) is 4.68. The van der Waals surface area contributed by atoms with Crippen LogP contribution in [-0.4, -0.2) is 61.6 Å². The number of hydrogen-bond acceptors (Lipinski definition) is 4. The monoisotopic (exact) mass is 320 g/mol. The third-order valence-corrected chi connectivity index (χ3v) is 4.68. The Balaban J connectivity index is 1.52. The molecule has 1 aliphatic heterocycles. The first kappa shape index (κ1) is 16.5. The molecule has 128 valence electrons. The predicted octanol–water partition coefficient (Wildman–Crippen LogP) is 2.09. The van der Waals surface area contributed by atoms with E-state index >= 15 is 0 Å². The molecule has 3 rings (SSSR count). The summed E-state index contributed by atoms with van der Waals surface area (Å²) in [5.74, 6) is 2.73. The summed E-state index contributed by atoms with van der Waals surface area (Å²) in [7, 11) is 2.11.